The average Bonchev–Trinajstić information content (AvgIpc) is 2.79. The number of Topliss-reactive ketones (excluding diaryl/α,β-unsaturated/α-hetero) is 1. The number of fused-ring (bicyclic) bond motifs is 1. The van der Waals surface area contributed by atoms with Crippen LogP contribution in [0, 0.1) is 6.92 Å². The summed E-state index contributed by atoms with van der Waals surface area (Å²) >= 11 is 0. The van der Waals surface area contributed by atoms with Gasteiger partial charge in [-0.05, 0) is 43.7 Å². The second-order valence-corrected chi connectivity index (χ2v) is 4.80. The highest BCUT2D eigenvalue weighted by Gasteiger charge is 2.24. The molecule has 5 heteroatoms. The lowest BCUT2D eigenvalue weighted by molar-refractivity contribution is 0.101. The Morgan fingerprint density at radius 2 is 1.90 bits per heavy atom. The Labute approximate surface area is 121 Å². The van der Waals surface area contributed by atoms with Crippen LogP contribution in [-0.2, 0) is 0 Å². The van der Waals surface area contributed by atoms with Crippen LogP contribution >= 0.6 is 0 Å². The third-order valence-electron chi connectivity index (χ3n) is 3.44. The number of pyridine rings is 1. The van der Waals surface area contributed by atoms with Gasteiger partial charge in [-0.15, -0.1) is 0 Å². The van der Waals surface area contributed by atoms with E-state index in [4.69, 9.17) is 0 Å². The van der Waals surface area contributed by atoms with E-state index in [2.05, 4.69) is 10.1 Å². The van der Waals surface area contributed by atoms with Crippen LogP contribution in [-0.4, -0.2) is 26.2 Å². The first kappa shape index (κ1) is 13.2. The van der Waals surface area contributed by atoms with Crippen molar-refractivity contribution in [2.45, 2.75) is 13.8 Å². The number of carbonyl (C=O) groups is 2. The molecule has 0 spiro atoms. The fraction of sp³-hybridized carbons (Fsp3) is 0.125. The Bertz CT molecular complexity index is 851. The maximum atomic E-state index is 12.7. The van der Waals surface area contributed by atoms with E-state index in [1.807, 2.05) is 0 Å². The van der Waals surface area contributed by atoms with Gasteiger partial charge >= 0.3 is 0 Å². The van der Waals surface area contributed by atoms with Crippen LogP contribution in [0.3, 0.4) is 0 Å². The lowest BCUT2D eigenvalue weighted by Gasteiger charge is -2.02. The second kappa shape index (κ2) is 4.94. The van der Waals surface area contributed by atoms with E-state index >= 15 is 0 Å². The van der Waals surface area contributed by atoms with Crippen molar-refractivity contribution >= 4 is 17.1 Å². The smallest absolute Gasteiger partial charge is 0.213 e. The molecule has 3 aromatic heterocycles. The minimum atomic E-state index is -0.193. The van der Waals surface area contributed by atoms with Crippen LogP contribution in [0.15, 0.2) is 42.9 Å². The van der Waals surface area contributed by atoms with Crippen LogP contribution in [0.4, 0.5) is 0 Å². The van der Waals surface area contributed by atoms with Crippen molar-refractivity contribution in [2.75, 3.05) is 0 Å². The number of nitrogens with zero attached hydrogens (tertiary/aromatic N) is 3. The Kier molecular flexibility index (Phi) is 3.10. The van der Waals surface area contributed by atoms with Crippen molar-refractivity contribution in [3.05, 3.63) is 65.2 Å². The molecule has 0 saturated heterocycles. The Hall–Kier alpha value is -2.82. The van der Waals surface area contributed by atoms with Gasteiger partial charge in [-0.1, -0.05) is 0 Å². The van der Waals surface area contributed by atoms with Crippen molar-refractivity contribution in [1.29, 1.82) is 0 Å². The van der Waals surface area contributed by atoms with Crippen molar-refractivity contribution in [2.24, 2.45) is 0 Å². The van der Waals surface area contributed by atoms with Gasteiger partial charge in [-0.2, -0.15) is 5.10 Å². The van der Waals surface area contributed by atoms with Gasteiger partial charge in [0.25, 0.3) is 0 Å². The molecule has 0 amide bonds. The summed E-state index contributed by atoms with van der Waals surface area (Å²) in [5.74, 6) is -0.273. The Balaban J connectivity index is 2.31. The first-order valence-corrected chi connectivity index (χ1v) is 6.53. The predicted molar refractivity (Wildman–Crippen MR) is 77.6 cm³/mol. The summed E-state index contributed by atoms with van der Waals surface area (Å²) in [6.45, 7) is 3.27. The standard InChI is InChI=1S/C16H13N3O2/c1-10-14(11(2)20)13-6-4-8-18-19(13)15(10)16(21)12-5-3-7-17-9-12/h3-9H,1-2H3. The highest BCUT2D eigenvalue weighted by Crippen LogP contribution is 2.24. The first-order chi connectivity index (χ1) is 10.1. The molecule has 3 rings (SSSR count). The number of aromatic nitrogens is 3. The van der Waals surface area contributed by atoms with Gasteiger partial charge in [-0.3, -0.25) is 14.6 Å². The molecule has 3 aromatic rings. The van der Waals surface area contributed by atoms with E-state index in [0.717, 1.165) is 0 Å². The molecule has 0 aliphatic rings. The minimum Gasteiger partial charge on any atom is -0.294 e. The zero-order valence-electron chi connectivity index (χ0n) is 11.7. The highest BCUT2D eigenvalue weighted by molar-refractivity contribution is 6.13. The number of hydrogen-bond acceptors (Lipinski definition) is 4. The van der Waals surface area contributed by atoms with Crippen molar-refractivity contribution in [1.82, 2.24) is 14.6 Å². The number of hydrogen-bond donors (Lipinski definition) is 0. The highest BCUT2D eigenvalue weighted by atomic mass is 16.1. The summed E-state index contributed by atoms with van der Waals surface area (Å²) in [5.41, 5.74) is 2.71. The monoisotopic (exact) mass is 279 g/mol. The molecule has 0 atom stereocenters. The van der Waals surface area contributed by atoms with Crippen LogP contribution in [0.5, 0.6) is 0 Å². The van der Waals surface area contributed by atoms with Gasteiger partial charge in [0.1, 0.15) is 5.69 Å². The van der Waals surface area contributed by atoms with E-state index in [-0.39, 0.29) is 11.6 Å². The maximum Gasteiger partial charge on any atom is 0.213 e. The number of ketones is 2. The van der Waals surface area contributed by atoms with E-state index in [1.54, 1.807) is 43.6 Å². The molecular formula is C16H13N3O2. The van der Waals surface area contributed by atoms with Gasteiger partial charge in [0.05, 0.1) is 5.52 Å². The van der Waals surface area contributed by atoms with Gasteiger partial charge in [-0.25, -0.2) is 4.52 Å². The van der Waals surface area contributed by atoms with Crippen molar-refractivity contribution in [3.8, 4) is 0 Å². The van der Waals surface area contributed by atoms with E-state index < -0.39 is 0 Å². The summed E-state index contributed by atoms with van der Waals surface area (Å²) in [5, 5.41) is 4.21. The van der Waals surface area contributed by atoms with Crippen molar-refractivity contribution < 1.29 is 9.59 Å². The largest absolute Gasteiger partial charge is 0.294 e. The number of carbonyl (C=O) groups excluding carboxylic acids is 2. The molecule has 3 heterocycles. The van der Waals surface area contributed by atoms with Gasteiger partial charge in [0.2, 0.25) is 5.78 Å². The van der Waals surface area contributed by atoms with Gasteiger partial charge in [0.15, 0.2) is 5.78 Å². The minimum absolute atomic E-state index is 0.0803. The molecule has 0 aliphatic heterocycles. The molecular weight excluding hydrogens is 266 g/mol. The summed E-state index contributed by atoms with van der Waals surface area (Å²) in [6, 6.07) is 6.94. The van der Waals surface area contributed by atoms with Crippen molar-refractivity contribution in [3.63, 3.8) is 0 Å². The lowest BCUT2D eigenvalue weighted by Crippen LogP contribution is -2.08. The Morgan fingerprint density at radius 1 is 1.14 bits per heavy atom. The quantitative estimate of drug-likeness (QED) is 0.691. The summed E-state index contributed by atoms with van der Waals surface area (Å²) < 4.78 is 1.53. The summed E-state index contributed by atoms with van der Waals surface area (Å²) in [7, 11) is 0. The third kappa shape index (κ3) is 2.03. The topological polar surface area (TPSA) is 64.3 Å². The van der Waals surface area contributed by atoms with Gasteiger partial charge < -0.3 is 0 Å². The molecule has 0 N–H and O–H groups in total. The fourth-order valence-electron chi connectivity index (χ4n) is 2.55. The molecule has 0 fully saturated rings. The zero-order chi connectivity index (χ0) is 15.0. The van der Waals surface area contributed by atoms with Crippen LogP contribution < -0.4 is 0 Å². The summed E-state index contributed by atoms with van der Waals surface area (Å²) in [4.78, 5) is 28.6. The molecule has 0 aliphatic carbocycles. The van der Waals surface area contributed by atoms with Gasteiger partial charge in [0, 0.05) is 29.7 Å². The predicted octanol–water partition coefficient (Wildman–Crippen LogP) is 2.47. The molecule has 0 unspecified atom stereocenters. The van der Waals surface area contributed by atoms with Crippen LogP contribution in [0.1, 0.15) is 38.9 Å². The van der Waals surface area contributed by atoms with E-state index in [9.17, 15) is 9.59 Å². The lowest BCUT2D eigenvalue weighted by atomic mass is 10.0. The Morgan fingerprint density at radius 3 is 2.57 bits per heavy atom. The van der Waals surface area contributed by atoms with E-state index in [0.29, 0.717) is 27.9 Å². The zero-order valence-corrected chi connectivity index (χ0v) is 11.7. The normalized spacial score (nSPS) is 10.8. The first-order valence-electron chi connectivity index (χ1n) is 6.53. The molecule has 104 valence electrons. The van der Waals surface area contributed by atoms with Crippen LogP contribution in [0.2, 0.25) is 0 Å². The maximum absolute atomic E-state index is 12.7. The SMILES string of the molecule is CC(=O)c1c(C)c(C(=O)c2cccnc2)n2ncccc12. The molecule has 5 nitrogen and oxygen atoms in total. The molecule has 0 saturated carbocycles. The third-order valence-corrected chi connectivity index (χ3v) is 3.44. The average molecular weight is 279 g/mol. The molecule has 21 heavy (non-hydrogen) atoms. The molecule has 0 aromatic carbocycles. The van der Waals surface area contributed by atoms with Crippen LogP contribution in [0.25, 0.3) is 5.52 Å². The molecule has 0 bridgehead atoms. The fourth-order valence-corrected chi connectivity index (χ4v) is 2.55. The van der Waals surface area contributed by atoms with E-state index in [1.165, 1.54) is 17.6 Å². The summed E-state index contributed by atoms with van der Waals surface area (Å²) in [6.07, 6.45) is 4.72. The number of rotatable bonds is 3. The molecule has 0 radical (unpaired) electrons. The second-order valence-electron chi connectivity index (χ2n) is 4.80.